The maximum Gasteiger partial charge on any atom is 0.381 e. The minimum Gasteiger partial charge on any atom is -0.498 e. The van der Waals surface area contributed by atoms with E-state index in [0.29, 0.717) is 12.8 Å². The molecule has 4 unspecified atom stereocenters. The van der Waals surface area contributed by atoms with Gasteiger partial charge in [0.15, 0.2) is 6.61 Å². The summed E-state index contributed by atoms with van der Waals surface area (Å²) in [7, 11) is 0. The lowest BCUT2D eigenvalue weighted by atomic mass is 9.86. The predicted molar refractivity (Wildman–Crippen MR) is 71.2 cm³/mol. The second-order valence-electron chi connectivity index (χ2n) is 6.49. The Morgan fingerprint density at radius 2 is 1.73 bits per heavy atom. The highest BCUT2D eigenvalue weighted by Crippen LogP contribution is 2.51. The van der Waals surface area contributed by atoms with Crippen molar-refractivity contribution in [3.8, 4) is 0 Å². The normalized spacial score (nSPS) is 29.1. The largest absolute Gasteiger partial charge is 0.498 e. The van der Waals surface area contributed by atoms with Crippen LogP contribution in [-0.4, -0.2) is 42.9 Å². The van der Waals surface area contributed by atoms with Gasteiger partial charge in [0.2, 0.25) is 0 Å². The molecule has 2 aliphatic rings. The minimum atomic E-state index is -6.39. The lowest BCUT2D eigenvalue weighted by Gasteiger charge is -2.32. The molecule has 2 aliphatic carbocycles. The highest BCUT2D eigenvalue weighted by Gasteiger charge is 2.75. The van der Waals surface area contributed by atoms with E-state index in [2.05, 4.69) is 11.3 Å². The van der Waals surface area contributed by atoms with Crippen LogP contribution in [-0.2, 0) is 14.3 Å². The molecule has 0 heterocycles. The molecule has 26 heavy (non-hydrogen) atoms. The Bertz CT molecular complexity index is 551. The third-order valence-corrected chi connectivity index (χ3v) is 4.87. The van der Waals surface area contributed by atoms with E-state index in [1.165, 1.54) is 0 Å². The van der Waals surface area contributed by atoms with Crippen LogP contribution in [0.4, 0.5) is 35.1 Å². The Labute approximate surface area is 143 Å². The Morgan fingerprint density at radius 1 is 1.12 bits per heavy atom. The lowest BCUT2D eigenvalue weighted by Crippen LogP contribution is -2.59. The van der Waals surface area contributed by atoms with Crippen molar-refractivity contribution in [1.82, 2.24) is 0 Å². The molecule has 2 saturated carbocycles. The number of carbonyl (C=O) groups excluding carboxylic acids is 1. The molecule has 0 spiro atoms. The molecule has 0 aromatic heterocycles. The molecule has 0 aliphatic heterocycles. The van der Waals surface area contributed by atoms with Crippen molar-refractivity contribution in [2.24, 2.45) is 17.8 Å². The predicted octanol–water partition coefficient (Wildman–Crippen LogP) is 4.28. The zero-order valence-corrected chi connectivity index (χ0v) is 13.2. The quantitative estimate of drug-likeness (QED) is 0.349. The molecule has 0 saturated heterocycles. The first kappa shape index (κ1) is 20.8. The molecule has 0 aromatic carbocycles. The first-order valence-corrected chi connectivity index (χ1v) is 7.69. The first-order valence-electron chi connectivity index (χ1n) is 7.69. The maximum absolute atomic E-state index is 13.4. The summed E-state index contributed by atoms with van der Waals surface area (Å²) in [6.07, 6.45) is -2.87. The molecule has 0 amide bonds. The number of carbonyl (C=O) groups is 1. The standard InChI is InChI=1S/C15H16F8O3/c1-2-25-10-5-7-3-8(10)9(4-7)11(24)26-6-13(18,19)15(22,23)14(20,21)12(16)17/h2,7-10,12H,1,3-6H2. The van der Waals surface area contributed by atoms with Gasteiger partial charge in [-0.3, -0.25) is 4.79 Å². The fraction of sp³-hybridized carbons (Fsp3) is 0.800. The van der Waals surface area contributed by atoms with Gasteiger partial charge < -0.3 is 9.47 Å². The molecule has 2 fully saturated rings. The molecule has 11 heteroatoms. The van der Waals surface area contributed by atoms with Crippen LogP contribution >= 0.6 is 0 Å². The van der Waals surface area contributed by atoms with Gasteiger partial charge in [0.1, 0.15) is 6.10 Å². The summed E-state index contributed by atoms with van der Waals surface area (Å²) in [5.74, 6) is -20.9. The van der Waals surface area contributed by atoms with E-state index >= 15 is 0 Å². The van der Waals surface area contributed by atoms with E-state index < -0.39 is 54.7 Å². The second kappa shape index (κ2) is 6.88. The average Bonchev–Trinajstić information content (AvgIpc) is 3.12. The van der Waals surface area contributed by atoms with Crippen LogP contribution in [0.15, 0.2) is 12.8 Å². The van der Waals surface area contributed by atoms with Crippen LogP contribution in [0.25, 0.3) is 0 Å². The summed E-state index contributed by atoms with van der Waals surface area (Å²) >= 11 is 0. The van der Waals surface area contributed by atoms with Crippen molar-refractivity contribution in [3.05, 3.63) is 12.8 Å². The molecule has 2 bridgehead atoms. The topological polar surface area (TPSA) is 35.5 Å². The summed E-state index contributed by atoms with van der Waals surface area (Å²) in [5.41, 5.74) is 0. The lowest BCUT2D eigenvalue weighted by molar-refractivity contribution is -0.344. The van der Waals surface area contributed by atoms with Crippen molar-refractivity contribution in [3.63, 3.8) is 0 Å². The second-order valence-corrected chi connectivity index (χ2v) is 6.49. The van der Waals surface area contributed by atoms with Crippen LogP contribution in [0.5, 0.6) is 0 Å². The van der Waals surface area contributed by atoms with Crippen molar-refractivity contribution in [2.45, 2.75) is 49.6 Å². The summed E-state index contributed by atoms with van der Waals surface area (Å²) in [6.45, 7) is 0.929. The van der Waals surface area contributed by atoms with Crippen LogP contribution in [0.1, 0.15) is 19.3 Å². The Kier molecular flexibility index (Phi) is 5.49. The maximum atomic E-state index is 13.4. The molecule has 0 aromatic rings. The Morgan fingerprint density at radius 3 is 2.23 bits per heavy atom. The fourth-order valence-electron chi connectivity index (χ4n) is 3.58. The average molecular weight is 396 g/mol. The van der Waals surface area contributed by atoms with Gasteiger partial charge in [0.25, 0.3) is 0 Å². The van der Waals surface area contributed by atoms with Gasteiger partial charge >= 0.3 is 30.2 Å². The highest BCUT2D eigenvalue weighted by atomic mass is 19.4. The van der Waals surface area contributed by atoms with Gasteiger partial charge in [-0.15, -0.1) is 0 Å². The van der Waals surface area contributed by atoms with Gasteiger partial charge in [-0.2, -0.15) is 26.3 Å². The Balaban J connectivity index is 2.01. The number of fused-ring (bicyclic) bond motifs is 2. The van der Waals surface area contributed by atoms with Gasteiger partial charge in [-0.1, -0.05) is 6.58 Å². The third-order valence-electron chi connectivity index (χ3n) is 4.87. The van der Waals surface area contributed by atoms with E-state index in [-0.39, 0.29) is 12.3 Å². The number of halogens is 8. The van der Waals surface area contributed by atoms with Crippen molar-refractivity contribution < 1.29 is 49.4 Å². The van der Waals surface area contributed by atoms with E-state index in [0.717, 1.165) is 6.26 Å². The molecule has 2 rings (SSSR count). The van der Waals surface area contributed by atoms with Gasteiger partial charge in [0, 0.05) is 5.92 Å². The van der Waals surface area contributed by atoms with Crippen LogP contribution < -0.4 is 0 Å². The number of esters is 1. The van der Waals surface area contributed by atoms with E-state index in [1.807, 2.05) is 0 Å². The smallest absolute Gasteiger partial charge is 0.381 e. The van der Waals surface area contributed by atoms with Crippen LogP contribution in [0.2, 0.25) is 0 Å². The zero-order chi connectivity index (χ0) is 19.9. The summed E-state index contributed by atoms with van der Waals surface area (Å²) in [4.78, 5) is 11.9. The van der Waals surface area contributed by atoms with Crippen LogP contribution in [0, 0.1) is 17.8 Å². The number of alkyl halides is 8. The molecule has 4 atom stereocenters. The molecule has 0 N–H and O–H groups in total. The number of ether oxygens (including phenoxy) is 2. The zero-order valence-electron chi connectivity index (χ0n) is 13.2. The third kappa shape index (κ3) is 3.36. The first-order chi connectivity index (χ1) is 11.8. The van der Waals surface area contributed by atoms with E-state index in [9.17, 15) is 39.9 Å². The fourth-order valence-corrected chi connectivity index (χ4v) is 3.58. The molecule has 0 radical (unpaired) electrons. The minimum absolute atomic E-state index is 0.0487. The molecular weight excluding hydrogens is 380 g/mol. The summed E-state index contributed by atoms with van der Waals surface area (Å²) in [6, 6.07) is 0. The highest BCUT2D eigenvalue weighted by molar-refractivity contribution is 5.73. The SMILES string of the molecule is C=COC1CC2CC(C(=O)OCC(F)(F)C(F)(F)C(F)(F)C(F)F)C1C2. The molecule has 150 valence electrons. The number of hydrogen-bond donors (Lipinski definition) is 0. The van der Waals surface area contributed by atoms with Gasteiger partial charge in [-0.25, -0.2) is 8.78 Å². The van der Waals surface area contributed by atoms with Gasteiger partial charge in [-0.05, 0) is 25.2 Å². The molecular formula is C15H16F8O3. The summed E-state index contributed by atoms with van der Waals surface area (Å²) in [5, 5.41) is 0. The van der Waals surface area contributed by atoms with Crippen LogP contribution in [0.3, 0.4) is 0 Å². The van der Waals surface area contributed by atoms with Crippen molar-refractivity contribution >= 4 is 5.97 Å². The van der Waals surface area contributed by atoms with Crippen molar-refractivity contribution in [1.29, 1.82) is 0 Å². The van der Waals surface area contributed by atoms with E-state index in [4.69, 9.17) is 4.74 Å². The monoisotopic (exact) mass is 396 g/mol. The Hall–Kier alpha value is -1.55. The van der Waals surface area contributed by atoms with E-state index in [1.54, 1.807) is 0 Å². The van der Waals surface area contributed by atoms with Gasteiger partial charge in [0.05, 0.1) is 12.2 Å². The summed E-state index contributed by atoms with van der Waals surface area (Å²) < 4.78 is 112. The number of hydrogen-bond acceptors (Lipinski definition) is 3. The molecule has 3 nitrogen and oxygen atoms in total. The van der Waals surface area contributed by atoms with Crippen molar-refractivity contribution in [2.75, 3.05) is 6.61 Å². The number of rotatable bonds is 8.